The molecular weight excluding hydrogens is 254 g/mol. The highest BCUT2D eigenvalue weighted by Gasteiger charge is 2.08. The number of sulfone groups is 1. The number of aromatic amines is 1. The van der Waals surface area contributed by atoms with Gasteiger partial charge in [-0.1, -0.05) is 0 Å². The van der Waals surface area contributed by atoms with Gasteiger partial charge in [0.25, 0.3) is 0 Å². The standard InChI is InChI=1S/C8H8O4S.C4H5N/c1-13(11,12)7-4-2-6(3-5-7)8(9)10;1-2-4-5-3-1/h2-5H,1H3,(H,9,10);1-5H. The molecule has 0 radical (unpaired) electrons. The third kappa shape index (κ3) is 4.42. The number of aromatic carboxylic acids is 1. The van der Waals surface area contributed by atoms with E-state index in [9.17, 15) is 13.2 Å². The van der Waals surface area contributed by atoms with Gasteiger partial charge in [0.15, 0.2) is 9.84 Å². The zero-order valence-electron chi connectivity index (χ0n) is 9.70. The molecule has 1 aromatic carbocycles. The molecule has 0 saturated carbocycles. The van der Waals surface area contributed by atoms with E-state index in [0.29, 0.717) is 0 Å². The number of benzene rings is 1. The highest BCUT2D eigenvalue weighted by atomic mass is 32.2. The summed E-state index contributed by atoms with van der Waals surface area (Å²) < 4.78 is 21.9. The third-order valence-corrected chi connectivity index (χ3v) is 3.15. The maximum atomic E-state index is 11.0. The van der Waals surface area contributed by atoms with Gasteiger partial charge < -0.3 is 10.1 Å². The number of hydrogen-bond acceptors (Lipinski definition) is 3. The van der Waals surface area contributed by atoms with Crippen LogP contribution in [0.3, 0.4) is 0 Å². The van der Waals surface area contributed by atoms with Crippen LogP contribution >= 0.6 is 0 Å². The number of H-pyrrole nitrogens is 1. The molecule has 2 aromatic rings. The van der Waals surface area contributed by atoms with Gasteiger partial charge in [-0.2, -0.15) is 0 Å². The molecule has 0 unspecified atom stereocenters. The van der Waals surface area contributed by atoms with Crippen molar-refractivity contribution >= 4 is 15.8 Å². The van der Waals surface area contributed by atoms with Crippen LogP contribution in [-0.2, 0) is 9.84 Å². The van der Waals surface area contributed by atoms with E-state index >= 15 is 0 Å². The molecule has 5 nitrogen and oxygen atoms in total. The summed E-state index contributed by atoms with van der Waals surface area (Å²) in [5.74, 6) is -1.07. The first-order chi connectivity index (χ1) is 8.41. The van der Waals surface area contributed by atoms with Gasteiger partial charge in [-0.25, -0.2) is 13.2 Å². The monoisotopic (exact) mass is 267 g/mol. The third-order valence-electron chi connectivity index (χ3n) is 2.03. The van der Waals surface area contributed by atoms with Crippen LogP contribution in [0.25, 0.3) is 0 Å². The van der Waals surface area contributed by atoms with Crippen LogP contribution in [0, 0.1) is 0 Å². The summed E-state index contributed by atoms with van der Waals surface area (Å²) in [4.78, 5) is 13.4. The van der Waals surface area contributed by atoms with Crippen LogP contribution < -0.4 is 0 Å². The lowest BCUT2D eigenvalue weighted by Crippen LogP contribution is -1.99. The Bertz CT molecular complexity index is 568. The molecule has 0 aliphatic rings. The Balaban J connectivity index is 0.000000269. The highest BCUT2D eigenvalue weighted by molar-refractivity contribution is 7.90. The number of carboxylic acids is 1. The summed E-state index contributed by atoms with van der Waals surface area (Å²) in [6.45, 7) is 0. The Morgan fingerprint density at radius 1 is 1.11 bits per heavy atom. The molecule has 0 saturated heterocycles. The topological polar surface area (TPSA) is 87.2 Å². The number of rotatable bonds is 2. The van der Waals surface area contributed by atoms with E-state index in [0.717, 1.165) is 6.26 Å². The summed E-state index contributed by atoms with van der Waals surface area (Å²) in [7, 11) is -3.24. The van der Waals surface area contributed by atoms with Crippen LogP contribution in [0.5, 0.6) is 0 Å². The van der Waals surface area contributed by atoms with E-state index in [4.69, 9.17) is 5.11 Å². The van der Waals surface area contributed by atoms with E-state index < -0.39 is 15.8 Å². The van der Waals surface area contributed by atoms with Crippen molar-refractivity contribution in [3.05, 3.63) is 54.4 Å². The largest absolute Gasteiger partial charge is 0.478 e. The normalized spacial score (nSPS) is 10.3. The van der Waals surface area contributed by atoms with Crippen molar-refractivity contribution in [1.82, 2.24) is 4.98 Å². The fourth-order valence-electron chi connectivity index (χ4n) is 1.12. The van der Waals surface area contributed by atoms with E-state index in [1.807, 2.05) is 24.5 Å². The van der Waals surface area contributed by atoms with Crippen molar-refractivity contribution in [2.75, 3.05) is 6.26 Å². The lowest BCUT2D eigenvalue weighted by molar-refractivity contribution is 0.0697. The minimum Gasteiger partial charge on any atom is -0.478 e. The van der Waals surface area contributed by atoms with E-state index in [1.54, 1.807) is 0 Å². The molecule has 1 aromatic heterocycles. The van der Waals surface area contributed by atoms with Gasteiger partial charge in [-0.05, 0) is 36.4 Å². The Kier molecular flexibility index (Phi) is 4.67. The average Bonchev–Trinajstić information content (AvgIpc) is 2.86. The molecule has 96 valence electrons. The molecule has 0 atom stereocenters. The van der Waals surface area contributed by atoms with Gasteiger partial charge in [-0.3, -0.25) is 0 Å². The Morgan fingerprint density at radius 2 is 1.61 bits per heavy atom. The average molecular weight is 267 g/mol. The zero-order valence-corrected chi connectivity index (χ0v) is 10.5. The molecule has 0 aliphatic carbocycles. The smallest absolute Gasteiger partial charge is 0.335 e. The van der Waals surface area contributed by atoms with Crippen LogP contribution in [0.2, 0.25) is 0 Å². The van der Waals surface area contributed by atoms with Gasteiger partial charge in [0, 0.05) is 18.6 Å². The summed E-state index contributed by atoms with van der Waals surface area (Å²) in [5.41, 5.74) is 0.0763. The molecule has 0 spiro atoms. The van der Waals surface area contributed by atoms with Crippen molar-refractivity contribution in [2.24, 2.45) is 0 Å². The number of carboxylic acid groups (broad SMARTS) is 1. The molecule has 0 fully saturated rings. The molecule has 2 N–H and O–H groups in total. The summed E-state index contributed by atoms with van der Waals surface area (Å²) in [6.07, 6.45) is 4.82. The SMILES string of the molecule is CS(=O)(=O)c1ccc(C(=O)O)cc1.c1cc[nH]c1. The van der Waals surface area contributed by atoms with Crippen LogP contribution in [-0.4, -0.2) is 30.7 Å². The molecule has 0 aliphatic heterocycles. The van der Waals surface area contributed by atoms with Crippen LogP contribution in [0.15, 0.2) is 53.7 Å². The summed E-state index contributed by atoms with van der Waals surface area (Å²) in [6, 6.07) is 8.97. The quantitative estimate of drug-likeness (QED) is 0.868. The molecule has 0 amide bonds. The molecule has 2 rings (SSSR count). The van der Waals surface area contributed by atoms with Crippen LogP contribution in [0.1, 0.15) is 10.4 Å². The van der Waals surface area contributed by atoms with Crippen molar-refractivity contribution in [1.29, 1.82) is 0 Å². The second-order valence-corrected chi connectivity index (χ2v) is 5.50. The molecule has 6 heteroatoms. The molecule has 0 bridgehead atoms. The van der Waals surface area contributed by atoms with Crippen molar-refractivity contribution in [3.8, 4) is 0 Å². The number of aromatic nitrogens is 1. The number of carbonyl (C=O) groups is 1. The first kappa shape index (κ1) is 14.0. The fourth-order valence-corrected chi connectivity index (χ4v) is 1.75. The van der Waals surface area contributed by atoms with Gasteiger partial charge in [0.2, 0.25) is 0 Å². The van der Waals surface area contributed by atoms with Gasteiger partial charge >= 0.3 is 5.97 Å². The molecule has 1 heterocycles. The Hall–Kier alpha value is -2.08. The van der Waals surface area contributed by atoms with Gasteiger partial charge in [-0.15, -0.1) is 0 Å². The van der Waals surface area contributed by atoms with Crippen LogP contribution in [0.4, 0.5) is 0 Å². The van der Waals surface area contributed by atoms with Crippen molar-refractivity contribution in [2.45, 2.75) is 4.90 Å². The summed E-state index contributed by atoms with van der Waals surface area (Å²) in [5, 5.41) is 8.53. The van der Waals surface area contributed by atoms with Crippen molar-refractivity contribution < 1.29 is 18.3 Å². The maximum absolute atomic E-state index is 11.0. The number of hydrogen-bond donors (Lipinski definition) is 2. The van der Waals surface area contributed by atoms with E-state index in [1.165, 1.54) is 24.3 Å². The predicted molar refractivity (Wildman–Crippen MR) is 67.3 cm³/mol. The maximum Gasteiger partial charge on any atom is 0.335 e. The zero-order chi connectivity index (χ0) is 13.6. The Morgan fingerprint density at radius 3 is 1.89 bits per heavy atom. The fraction of sp³-hybridized carbons (Fsp3) is 0.0833. The van der Waals surface area contributed by atoms with Gasteiger partial charge in [0.1, 0.15) is 0 Å². The highest BCUT2D eigenvalue weighted by Crippen LogP contribution is 2.09. The lowest BCUT2D eigenvalue weighted by Gasteiger charge is -1.97. The first-order valence-corrected chi connectivity index (χ1v) is 6.91. The minimum atomic E-state index is -3.24. The molecule has 18 heavy (non-hydrogen) atoms. The second kappa shape index (κ2) is 6.02. The van der Waals surface area contributed by atoms with E-state index in [2.05, 4.69) is 4.98 Å². The number of nitrogens with one attached hydrogen (secondary N) is 1. The summed E-state index contributed by atoms with van der Waals surface area (Å²) >= 11 is 0. The second-order valence-electron chi connectivity index (χ2n) is 3.49. The first-order valence-electron chi connectivity index (χ1n) is 5.02. The Labute approximate surface area is 105 Å². The molecular formula is C12H13NO4S. The van der Waals surface area contributed by atoms with Gasteiger partial charge in [0.05, 0.1) is 10.5 Å². The predicted octanol–water partition coefficient (Wildman–Crippen LogP) is 1.80. The lowest BCUT2D eigenvalue weighted by atomic mass is 10.2. The van der Waals surface area contributed by atoms with E-state index in [-0.39, 0.29) is 10.5 Å². The van der Waals surface area contributed by atoms with Crippen molar-refractivity contribution in [3.63, 3.8) is 0 Å². The minimum absolute atomic E-state index is 0.0763.